The summed E-state index contributed by atoms with van der Waals surface area (Å²) in [4.78, 5) is 4.76. The third-order valence-corrected chi connectivity index (χ3v) is 3.50. The van der Waals surface area contributed by atoms with E-state index in [4.69, 9.17) is 17.1 Å². The van der Waals surface area contributed by atoms with Gasteiger partial charge in [-0.25, -0.2) is 4.98 Å². The molecule has 0 aliphatic heterocycles. The van der Waals surface area contributed by atoms with Gasteiger partial charge < -0.3 is 10.3 Å². The minimum Gasteiger partial charge on any atom is -0.384 e. The lowest BCUT2D eigenvalue weighted by atomic mass is 9.95. The largest absolute Gasteiger partial charge is 0.384 e. The quantitative estimate of drug-likeness (QED) is 0.875. The number of terminal acetylenes is 1. The van der Waals surface area contributed by atoms with Crippen LogP contribution in [0.3, 0.4) is 0 Å². The predicted octanol–water partition coefficient (Wildman–Crippen LogP) is 3.18. The highest BCUT2D eigenvalue weighted by molar-refractivity contribution is 5.41. The molecular weight excluding hydrogens is 258 g/mol. The van der Waals surface area contributed by atoms with Gasteiger partial charge in [0.05, 0.1) is 12.2 Å². The number of imidazole rings is 1. The summed E-state index contributed by atoms with van der Waals surface area (Å²) in [7, 11) is 0. The average Bonchev–Trinajstić information content (AvgIpc) is 2.75. The van der Waals surface area contributed by atoms with E-state index in [0.29, 0.717) is 12.4 Å². The van der Waals surface area contributed by atoms with Gasteiger partial charge >= 0.3 is 0 Å². The predicted molar refractivity (Wildman–Crippen MR) is 88.0 cm³/mol. The van der Waals surface area contributed by atoms with Crippen molar-refractivity contribution in [2.24, 2.45) is 0 Å². The van der Waals surface area contributed by atoms with E-state index in [1.165, 1.54) is 5.56 Å². The van der Waals surface area contributed by atoms with Crippen LogP contribution in [0.5, 0.6) is 0 Å². The van der Waals surface area contributed by atoms with Crippen LogP contribution in [0.4, 0.5) is 5.82 Å². The molecule has 0 fully saturated rings. The van der Waals surface area contributed by atoms with Crippen molar-refractivity contribution in [2.75, 3.05) is 5.73 Å². The molecule has 1 aromatic carbocycles. The first kappa shape index (κ1) is 15.2. The highest BCUT2D eigenvalue weighted by atomic mass is 15.1. The van der Waals surface area contributed by atoms with E-state index in [0.717, 1.165) is 24.4 Å². The maximum absolute atomic E-state index is 6.26. The third-order valence-electron chi connectivity index (χ3n) is 3.50. The SMILES string of the molecule is C#CCn1c(C(C)(C)C)nc(CCc2ccccc2)c1N. The molecule has 1 aromatic heterocycles. The van der Waals surface area contributed by atoms with Crippen LogP contribution in [-0.2, 0) is 24.8 Å². The van der Waals surface area contributed by atoms with Crippen LogP contribution in [0.15, 0.2) is 30.3 Å². The molecule has 0 saturated heterocycles. The fraction of sp³-hybridized carbons (Fsp3) is 0.389. The Labute approximate surface area is 127 Å². The molecule has 2 N–H and O–H groups in total. The summed E-state index contributed by atoms with van der Waals surface area (Å²) in [6.45, 7) is 6.85. The van der Waals surface area contributed by atoms with Gasteiger partial charge in [-0.1, -0.05) is 57.0 Å². The first-order valence-corrected chi connectivity index (χ1v) is 7.26. The Balaban J connectivity index is 2.26. The van der Waals surface area contributed by atoms with Crippen LogP contribution in [0.1, 0.15) is 37.9 Å². The first-order chi connectivity index (χ1) is 9.93. The molecule has 110 valence electrons. The van der Waals surface area contributed by atoms with Crippen LogP contribution >= 0.6 is 0 Å². The van der Waals surface area contributed by atoms with Gasteiger partial charge in [-0.15, -0.1) is 6.42 Å². The number of rotatable bonds is 4. The van der Waals surface area contributed by atoms with E-state index >= 15 is 0 Å². The van der Waals surface area contributed by atoms with Crippen molar-refractivity contribution in [3.05, 3.63) is 47.4 Å². The van der Waals surface area contributed by atoms with E-state index in [-0.39, 0.29) is 5.41 Å². The zero-order valence-electron chi connectivity index (χ0n) is 13.1. The summed E-state index contributed by atoms with van der Waals surface area (Å²) in [6, 6.07) is 10.4. The first-order valence-electron chi connectivity index (χ1n) is 7.26. The van der Waals surface area contributed by atoms with Crippen molar-refractivity contribution in [1.29, 1.82) is 0 Å². The van der Waals surface area contributed by atoms with Crippen LogP contribution in [-0.4, -0.2) is 9.55 Å². The minimum absolute atomic E-state index is 0.0734. The summed E-state index contributed by atoms with van der Waals surface area (Å²) in [5, 5.41) is 0. The summed E-state index contributed by atoms with van der Waals surface area (Å²) >= 11 is 0. The van der Waals surface area contributed by atoms with Crippen molar-refractivity contribution in [3.63, 3.8) is 0 Å². The van der Waals surface area contributed by atoms with E-state index in [1.807, 2.05) is 10.6 Å². The van der Waals surface area contributed by atoms with Gasteiger partial charge in [0.25, 0.3) is 0 Å². The summed E-state index contributed by atoms with van der Waals surface area (Å²) < 4.78 is 1.96. The second-order valence-electron chi connectivity index (χ2n) is 6.29. The molecular formula is C18H23N3. The van der Waals surface area contributed by atoms with Crippen molar-refractivity contribution in [2.45, 2.75) is 45.6 Å². The van der Waals surface area contributed by atoms with E-state index in [2.05, 4.69) is 51.0 Å². The summed E-state index contributed by atoms with van der Waals surface area (Å²) in [5.74, 6) is 4.33. The normalized spacial score (nSPS) is 11.3. The zero-order chi connectivity index (χ0) is 15.5. The van der Waals surface area contributed by atoms with Gasteiger partial charge in [0, 0.05) is 5.41 Å². The molecule has 21 heavy (non-hydrogen) atoms. The van der Waals surface area contributed by atoms with Crippen molar-refractivity contribution in [1.82, 2.24) is 9.55 Å². The summed E-state index contributed by atoms with van der Waals surface area (Å²) in [6.07, 6.45) is 7.22. The zero-order valence-corrected chi connectivity index (χ0v) is 13.1. The lowest BCUT2D eigenvalue weighted by Gasteiger charge is -2.19. The number of benzene rings is 1. The van der Waals surface area contributed by atoms with Gasteiger partial charge in [-0.2, -0.15) is 0 Å². The van der Waals surface area contributed by atoms with Crippen LogP contribution in [0, 0.1) is 12.3 Å². The van der Waals surface area contributed by atoms with Gasteiger partial charge in [-0.05, 0) is 18.4 Å². The van der Waals surface area contributed by atoms with Crippen molar-refractivity contribution >= 4 is 5.82 Å². The third kappa shape index (κ3) is 3.46. The molecule has 0 aliphatic carbocycles. The molecule has 0 bridgehead atoms. The molecule has 0 saturated carbocycles. The molecule has 2 rings (SSSR count). The topological polar surface area (TPSA) is 43.8 Å². The van der Waals surface area contributed by atoms with E-state index in [9.17, 15) is 0 Å². The van der Waals surface area contributed by atoms with Gasteiger partial charge in [0.2, 0.25) is 0 Å². The maximum atomic E-state index is 6.26. The Morgan fingerprint density at radius 2 is 1.86 bits per heavy atom. The molecule has 3 heteroatoms. The molecule has 0 amide bonds. The van der Waals surface area contributed by atoms with Crippen LogP contribution in [0.25, 0.3) is 0 Å². The number of nitrogens with two attached hydrogens (primary N) is 1. The molecule has 2 aromatic rings. The molecule has 1 heterocycles. The van der Waals surface area contributed by atoms with Crippen LogP contribution in [0.2, 0.25) is 0 Å². The molecule has 0 aliphatic rings. The smallest absolute Gasteiger partial charge is 0.127 e. The highest BCUT2D eigenvalue weighted by Crippen LogP contribution is 2.26. The molecule has 0 atom stereocenters. The Kier molecular flexibility index (Phi) is 4.37. The lowest BCUT2D eigenvalue weighted by Crippen LogP contribution is -2.19. The second kappa shape index (κ2) is 6.05. The Hall–Kier alpha value is -2.21. The van der Waals surface area contributed by atoms with Crippen molar-refractivity contribution in [3.8, 4) is 12.3 Å². The number of hydrogen-bond donors (Lipinski definition) is 1. The van der Waals surface area contributed by atoms with Gasteiger partial charge in [0.15, 0.2) is 0 Å². The molecule has 3 nitrogen and oxygen atoms in total. The molecule has 0 spiro atoms. The average molecular weight is 281 g/mol. The Morgan fingerprint density at radius 3 is 2.43 bits per heavy atom. The monoisotopic (exact) mass is 281 g/mol. The number of aromatic nitrogens is 2. The van der Waals surface area contributed by atoms with Crippen LogP contribution < -0.4 is 5.73 Å². The van der Waals surface area contributed by atoms with E-state index < -0.39 is 0 Å². The lowest BCUT2D eigenvalue weighted by molar-refractivity contribution is 0.516. The molecule has 0 unspecified atom stereocenters. The number of nitrogen functional groups attached to an aromatic ring is 1. The molecule has 0 radical (unpaired) electrons. The maximum Gasteiger partial charge on any atom is 0.127 e. The van der Waals surface area contributed by atoms with Crippen molar-refractivity contribution < 1.29 is 0 Å². The van der Waals surface area contributed by atoms with E-state index in [1.54, 1.807) is 0 Å². The minimum atomic E-state index is -0.0734. The fourth-order valence-electron chi connectivity index (χ4n) is 2.43. The summed E-state index contributed by atoms with van der Waals surface area (Å²) in [5.41, 5.74) is 8.42. The van der Waals surface area contributed by atoms with Gasteiger partial charge in [0.1, 0.15) is 11.6 Å². The standard InChI is InChI=1S/C18H23N3/c1-5-13-21-16(19)15(20-17(21)18(2,3)4)12-11-14-9-7-6-8-10-14/h1,6-10H,11-13,19H2,2-4H3. The number of aryl methyl sites for hydroxylation is 2. The van der Waals surface area contributed by atoms with Gasteiger partial charge in [-0.3, -0.25) is 0 Å². The second-order valence-corrected chi connectivity index (χ2v) is 6.29. The fourth-order valence-corrected chi connectivity index (χ4v) is 2.43. The number of hydrogen-bond acceptors (Lipinski definition) is 2. The number of nitrogens with zero attached hydrogens (tertiary/aromatic N) is 2. The Morgan fingerprint density at radius 1 is 1.19 bits per heavy atom. The highest BCUT2D eigenvalue weighted by Gasteiger charge is 2.24. The number of anilines is 1. The Bertz CT molecular complexity index is 640.